The monoisotopic (exact) mass is 497 g/mol. The molecule has 0 bridgehead atoms. The molecule has 1 amide bonds. The average Bonchev–Trinajstić information content (AvgIpc) is 3.30. The van der Waals surface area contributed by atoms with Crippen LogP contribution < -0.4 is 4.90 Å². The van der Waals surface area contributed by atoms with Gasteiger partial charge in [-0.1, -0.05) is 6.07 Å². The summed E-state index contributed by atoms with van der Waals surface area (Å²) >= 11 is 0.990. The van der Waals surface area contributed by atoms with Gasteiger partial charge >= 0.3 is 17.8 Å². The maximum atomic E-state index is 13.1. The van der Waals surface area contributed by atoms with Crippen LogP contribution >= 0.6 is 11.3 Å². The van der Waals surface area contributed by atoms with Gasteiger partial charge in [-0.15, -0.1) is 11.3 Å². The Morgan fingerprint density at radius 3 is 2.59 bits per heavy atom. The zero-order valence-corrected chi connectivity index (χ0v) is 18.9. The molecule has 0 saturated heterocycles. The van der Waals surface area contributed by atoms with E-state index < -0.39 is 28.5 Å². The molecule has 14 heteroatoms. The van der Waals surface area contributed by atoms with Crippen LogP contribution in [0.5, 0.6) is 0 Å². The Balaban J connectivity index is 1.71. The molecule has 0 radical (unpaired) electrons. The fourth-order valence-electron chi connectivity index (χ4n) is 3.14. The van der Waals surface area contributed by atoms with Gasteiger partial charge in [0.15, 0.2) is 5.13 Å². The van der Waals surface area contributed by atoms with Crippen LogP contribution in [0.1, 0.15) is 29.6 Å². The third kappa shape index (κ3) is 5.39. The number of carbonyl (C=O) groups excluding carboxylic acids is 2. The quantitative estimate of drug-likeness (QED) is 0.271. The summed E-state index contributed by atoms with van der Waals surface area (Å²) in [7, 11) is 0. The molecule has 0 unspecified atom stereocenters. The van der Waals surface area contributed by atoms with Crippen LogP contribution in [-0.4, -0.2) is 31.6 Å². The summed E-state index contributed by atoms with van der Waals surface area (Å²) < 4.78 is 45.5. The number of nitro groups is 1. The minimum absolute atomic E-state index is 0.00802. The van der Waals surface area contributed by atoms with Gasteiger partial charge in [-0.25, -0.2) is 4.98 Å². The van der Waals surface area contributed by atoms with E-state index in [2.05, 4.69) is 10.1 Å². The molecule has 2 aromatic heterocycles. The number of rotatable bonds is 7. The third-order valence-electron chi connectivity index (χ3n) is 4.66. The molecule has 10 nitrogen and oxygen atoms in total. The van der Waals surface area contributed by atoms with E-state index in [1.54, 1.807) is 0 Å². The highest BCUT2D eigenvalue weighted by Gasteiger charge is 2.31. The van der Waals surface area contributed by atoms with E-state index >= 15 is 0 Å². The number of aromatic nitrogens is 3. The predicted octanol–water partition coefficient (Wildman–Crippen LogP) is 4.31. The summed E-state index contributed by atoms with van der Waals surface area (Å²) in [5.41, 5.74) is -0.466. The SMILES string of the molecule is CC(=O)N(c1cccc(C(F)(F)F)c1)c1nc(COC(=O)Cn2nc(C)c([N+](=O)[O-])c2C)cs1. The second kappa shape index (κ2) is 9.59. The van der Waals surface area contributed by atoms with E-state index in [4.69, 9.17) is 4.74 Å². The number of hydrogen-bond acceptors (Lipinski definition) is 8. The van der Waals surface area contributed by atoms with Gasteiger partial charge in [0.05, 0.1) is 21.9 Å². The molecule has 2 heterocycles. The van der Waals surface area contributed by atoms with Crippen molar-refractivity contribution in [3.63, 3.8) is 0 Å². The number of thiazole rings is 1. The topological polar surface area (TPSA) is 120 Å². The first-order valence-electron chi connectivity index (χ1n) is 9.65. The standard InChI is InChI=1S/C20H18F3N5O5S/c1-11-18(28(31)32)12(2)26(25-11)8-17(30)33-9-15-10-34-19(24-15)27(13(3)29)16-6-4-5-14(7-16)20(21,22)23/h4-7,10H,8-9H2,1-3H3. The molecule has 3 aromatic rings. The minimum Gasteiger partial charge on any atom is -0.458 e. The summed E-state index contributed by atoms with van der Waals surface area (Å²) in [4.78, 5) is 40.1. The van der Waals surface area contributed by atoms with Gasteiger partial charge in [0.2, 0.25) is 5.91 Å². The summed E-state index contributed by atoms with van der Waals surface area (Å²) in [5, 5.41) is 16.6. The van der Waals surface area contributed by atoms with E-state index in [0.717, 1.165) is 33.1 Å². The van der Waals surface area contributed by atoms with Gasteiger partial charge in [-0.05, 0) is 32.0 Å². The van der Waals surface area contributed by atoms with Gasteiger partial charge in [0.1, 0.15) is 24.5 Å². The van der Waals surface area contributed by atoms with Crippen molar-refractivity contribution in [1.82, 2.24) is 14.8 Å². The maximum absolute atomic E-state index is 13.1. The first-order chi connectivity index (χ1) is 15.9. The average molecular weight is 497 g/mol. The summed E-state index contributed by atoms with van der Waals surface area (Å²) in [6.45, 7) is 3.47. The van der Waals surface area contributed by atoms with Crippen molar-refractivity contribution in [3.05, 3.63) is 62.4 Å². The molecule has 0 N–H and O–H groups in total. The fraction of sp³-hybridized carbons (Fsp3) is 0.300. The van der Waals surface area contributed by atoms with E-state index in [1.165, 1.54) is 38.3 Å². The van der Waals surface area contributed by atoms with Crippen molar-refractivity contribution in [1.29, 1.82) is 0 Å². The zero-order chi connectivity index (χ0) is 25.2. The predicted molar refractivity (Wildman–Crippen MR) is 115 cm³/mol. The molecule has 0 aliphatic heterocycles. The lowest BCUT2D eigenvalue weighted by Crippen LogP contribution is -2.23. The molecule has 0 atom stereocenters. The van der Waals surface area contributed by atoms with Crippen LogP contribution in [0, 0.1) is 24.0 Å². The van der Waals surface area contributed by atoms with Gasteiger partial charge in [0.25, 0.3) is 0 Å². The van der Waals surface area contributed by atoms with Crippen molar-refractivity contribution < 1.29 is 32.4 Å². The highest BCUT2D eigenvalue weighted by atomic mass is 32.1. The molecule has 0 fully saturated rings. The molecule has 0 spiro atoms. The Bertz CT molecular complexity index is 1250. The molecular formula is C20H18F3N5O5S. The number of benzene rings is 1. The third-order valence-corrected chi connectivity index (χ3v) is 5.54. The molecule has 180 valence electrons. The summed E-state index contributed by atoms with van der Waals surface area (Å²) in [6.07, 6.45) is -4.58. The second-order valence-corrected chi connectivity index (χ2v) is 7.96. The number of amides is 1. The molecule has 0 aliphatic carbocycles. The molecular weight excluding hydrogens is 479 g/mol. The Kier molecular flexibility index (Phi) is 7.00. The first kappa shape index (κ1) is 24.8. The second-order valence-electron chi connectivity index (χ2n) is 7.12. The number of anilines is 2. The van der Waals surface area contributed by atoms with Gasteiger partial charge < -0.3 is 4.74 Å². The Labute approximate surface area is 194 Å². The number of carbonyl (C=O) groups is 2. The largest absolute Gasteiger partial charge is 0.458 e. The lowest BCUT2D eigenvalue weighted by atomic mass is 10.2. The van der Waals surface area contributed by atoms with Crippen LogP contribution in [0.2, 0.25) is 0 Å². The Hall–Kier alpha value is -3.81. The fourth-order valence-corrected chi connectivity index (χ4v) is 4.01. The highest BCUT2D eigenvalue weighted by molar-refractivity contribution is 7.14. The van der Waals surface area contributed by atoms with E-state index in [1.807, 2.05) is 0 Å². The lowest BCUT2D eigenvalue weighted by molar-refractivity contribution is -0.386. The Morgan fingerprint density at radius 1 is 1.29 bits per heavy atom. The van der Waals surface area contributed by atoms with Crippen LogP contribution in [0.4, 0.5) is 29.7 Å². The number of ether oxygens (including phenoxy) is 1. The molecule has 0 aliphatic rings. The number of alkyl halides is 3. The number of nitrogens with zero attached hydrogens (tertiary/aromatic N) is 5. The maximum Gasteiger partial charge on any atom is 0.416 e. The molecule has 3 rings (SSSR count). The van der Waals surface area contributed by atoms with E-state index in [9.17, 15) is 32.9 Å². The number of halogens is 3. The van der Waals surface area contributed by atoms with Gasteiger partial charge in [-0.2, -0.15) is 18.3 Å². The van der Waals surface area contributed by atoms with Crippen molar-refractivity contribution in [2.75, 3.05) is 4.90 Å². The molecule has 0 saturated carbocycles. The number of hydrogen-bond donors (Lipinski definition) is 0. The van der Waals surface area contributed by atoms with Crippen LogP contribution in [0.15, 0.2) is 29.6 Å². The van der Waals surface area contributed by atoms with Gasteiger partial charge in [-0.3, -0.25) is 29.3 Å². The first-order valence-corrected chi connectivity index (χ1v) is 10.5. The van der Waals surface area contributed by atoms with Crippen LogP contribution in [0.25, 0.3) is 0 Å². The van der Waals surface area contributed by atoms with Gasteiger partial charge in [0, 0.05) is 12.3 Å². The smallest absolute Gasteiger partial charge is 0.416 e. The van der Waals surface area contributed by atoms with Crippen molar-refractivity contribution in [2.45, 2.75) is 40.1 Å². The van der Waals surface area contributed by atoms with Crippen molar-refractivity contribution in [2.24, 2.45) is 0 Å². The molecule has 1 aromatic carbocycles. The minimum atomic E-state index is -4.58. The normalized spacial score (nSPS) is 11.4. The summed E-state index contributed by atoms with van der Waals surface area (Å²) in [6, 6.07) is 4.28. The number of aryl methyl sites for hydroxylation is 1. The van der Waals surface area contributed by atoms with E-state index in [0.29, 0.717) is 0 Å². The molecule has 34 heavy (non-hydrogen) atoms. The lowest BCUT2D eigenvalue weighted by Gasteiger charge is -2.19. The Morgan fingerprint density at radius 2 is 2.00 bits per heavy atom. The van der Waals surface area contributed by atoms with E-state index in [-0.39, 0.29) is 46.7 Å². The summed E-state index contributed by atoms with van der Waals surface area (Å²) in [5.74, 6) is -1.28. The van der Waals surface area contributed by atoms with Crippen LogP contribution in [-0.2, 0) is 33.7 Å². The zero-order valence-electron chi connectivity index (χ0n) is 18.1. The van der Waals surface area contributed by atoms with Crippen molar-refractivity contribution >= 4 is 39.7 Å². The highest BCUT2D eigenvalue weighted by Crippen LogP contribution is 2.35. The van der Waals surface area contributed by atoms with Crippen LogP contribution in [0.3, 0.4) is 0 Å². The van der Waals surface area contributed by atoms with Crippen molar-refractivity contribution in [3.8, 4) is 0 Å². The number of esters is 1.